The Balaban J connectivity index is 1.95. The molecular formula is C20H21ClN2OS. The molecule has 0 aromatic heterocycles. The summed E-state index contributed by atoms with van der Waals surface area (Å²) in [5.41, 5.74) is 2.72. The maximum atomic E-state index is 12.9. The van der Waals surface area contributed by atoms with E-state index in [1.165, 1.54) is 5.56 Å². The predicted octanol–water partition coefficient (Wildman–Crippen LogP) is 5.73. The number of thioether (sulfide) groups is 1. The van der Waals surface area contributed by atoms with Crippen molar-refractivity contribution in [1.29, 1.82) is 0 Å². The average Bonchev–Trinajstić information content (AvgIpc) is 2.62. The zero-order valence-electron chi connectivity index (χ0n) is 14.4. The third-order valence-corrected chi connectivity index (χ3v) is 5.38. The number of rotatable bonds is 3. The molecule has 1 aliphatic rings. The van der Waals surface area contributed by atoms with Crippen LogP contribution < -0.4 is 0 Å². The topological polar surface area (TPSA) is 32.7 Å². The van der Waals surface area contributed by atoms with E-state index in [1.807, 2.05) is 18.2 Å². The summed E-state index contributed by atoms with van der Waals surface area (Å²) >= 11 is 7.68. The minimum absolute atomic E-state index is 0.0459. The zero-order valence-corrected chi connectivity index (χ0v) is 16.0. The molecule has 3 nitrogen and oxygen atoms in total. The zero-order chi connectivity index (χ0) is 17.8. The molecule has 0 aliphatic carbocycles. The van der Waals surface area contributed by atoms with E-state index in [4.69, 9.17) is 16.6 Å². The van der Waals surface area contributed by atoms with Gasteiger partial charge in [0.2, 0.25) is 0 Å². The first-order valence-corrected chi connectivity index (χ1v) is 9.80. The van der Waals surface area contributed by atoms with Gasteiger partial charge in [0.25, 0.3) is 5.91 Å². The van der Waals surface area contributed by atoms with Crippen molar-refractivity contribution in [3.8, 4) is 0 Å². The minimum atomic E-state index is -0.0459. The third kappa shape index (κ3) is 4.25. The highest BCUT2D eigenvalue weighted by Crippen LogP contribution is 2.30. The number of amides is 1. The van der Waals surface area contributed by atoms with Crippen LogP contribution >= 0.6 is 23.4 Å². The van der Waals surface area contributed by atoms with E-state index in [0.717, 1.165) is 23.0 Å². The van der Waals surface area contributed by atoms with Crippen LogP contribution in [0, 0.1) is 0 Å². The van der Waals surface area contributed by atoms with Crippen LogP contribution in [0.15, 0.2) is 53.5 Å². The Morgan fingerprint density at radius 1 is 1.20 bits per heavy atom. The van der Waals surface area contributed by atoms with Gasteiger partial charge in [0, 0.05) is 22.9 Å². The van der Waals surface area contributed by atoms with Gasteiger partial charge in [-0.25, -0.2) is 4.99 Å². The predicted molar refractivity (Wildman–Crippen MR) is 107 cm³/mol. The quantitative estimate of drug-likeness (QED) is 0.689. The number of aliphatic imine (C=N–C) groups is 1. The fourth-order valence-electron chi connectivity index (χ4n) is 2.80. The molecule has 1 heterocycles. The summed E-state index contributed by atoms with van der Waals surface area (Å²) in [6, 6.07) is 15.2. The lowest BCUT2D eigenvalue weighted by Crippen LogP contribution is -2.39. The van der Waals surface area contributed by atoms with Gasteiger partial charge in [-0.2, -0.15) is 0 Å². The third-order valence-electron chi connectivity index (χ3n) is 4.08. The molecule has 0 saturated carbocycles. The van der Waals surface area contributed by atoms with E-state index >= 15 is 0 Å². The number of nitrogens with zero attached hydrogens (tertiary/aromatic N) is 2. The molecule has 1 amide bonds. The molecule has 0 unspecified atom stereocenters. The number of carbonyl (C=O) groups is 1. The van der Waals surface area contributed by atoms with E-state index in [2.05, 4.69) is 19.9 Å². The molecule has 5 heteroatoms. The highest BCUT2D eigenvalue weighted by molar-refractivity contribution is 8.13. The first-order valence-electron chi connectivity index (χ1n) is 8.44. The molecule has 0 atom stereocenters. The van der Waals surface area contributed by atoms with Crippen molar-refractivity contribution in [3.05, 3.63) is 64.7 Å². The van der Waals surface area contributed by atoms with Crippen LogP contribution in [0.4, 0.5) is 5.69 Å². The summed E-state index contributed by atoms with van der Waals surface area (Å²) in [4.78, 5) is 19.6. The molecule has 2 aromatic carbocycles. The smallest absolute Gasteiger partial charge is 0.259 e. The highest BCUT2D eigenvalue weighted by atomic mass is 35.5. The molecule has 1 aliphatic heterocycles. The molecule has 0 N–H and O–H groups in total. The normalized spacial score (nSPS) is 16.5. The largest absolute Gasteiger partial charge is 0.287 e. The lowest BCUT2D eigenvalue weighted by molar-refractivity contribution is 0.0849. The van der Waals surface area contributed by atoms with E-state index in [-0.39, 0.29) is 5.91 Å². The van der Waals surface area contributed by atoms with Gasteiger partial charge in [0.05, 0.1) is 5.69 Å². The number of benzene rings is 2. The molecule has 1 fully saturated rings. The van der Waals surface area contributed by atoms with Gasteiger partial charge in [-0.1, -0.05) is 61.5 Å². The summed E-state index contributed by atoms with van der Waals surface area (Å²) in [5.74, 6) is 1.31. The second kappa shape index (κ2) is 8.07. The number of halogens is 1. The Labute approximate surface area is 158 Å². The Morgan fingerprint density at radius 2 is 2.00 bits per heavy atom. The van der Waals surface area contributed by atoms with E-state index in [9.17, 15) is 4.79 Å². The van der Waals surface area contributed by atoms with Crippen LogP contribution in [0.5, 0.6) is 0 Å². The maximum absolute atomic E-state index is 12.9. The summed E-state index contributed by atoms with van der Waals surface area (Å²) < 4.78 is 0. The van der Waals surface area contributed by atoms with Crippen molar-refractivity contribution in [2.45, 2.75) is 26.2 Å². The monoisotopic (exact) mass is 372 g/mol. The van der Waals surface area contributed by atoms with E-state index in [1.54, 1.807) is 40.9 Å². The van der Waals surface area contributed by atoms with Crippen LogP contribution in [0.2, 0.25) is 5.02 Å². The number of para-hydroxylation sites is 1. The molecule has 25 heavy (non-hydrogen) atoms. The van der Waals surface area contributed by atoms with Crippen molar-refractivity contribution in [1.82, 2.24) is 4.90 Å². The Morgan fingerprint density at radius 3 is 2.76 bits per heavy atom. The van der Waals surface area contributed by atoms with Crippen molar-refractivity contribution >= 4 is 40.1 Å². The number of carbonyl (C=O) groups excluding carboxylic acids is 1. The fraction of sp³-hybridized carbons (Fsp3) is 0.300. The first kappa shape index (κ1) is 18.0. The summed E-state index contributed by atoms with van der Waals surface area (Å²) in [7, 11) is 0. The second-order valence-electron chi connectivity index (χ2n) is 6.28. The van der Waals surface area contributed by atoms with Crippen LogP contribution in [-0.2, 0) is 0 Å². The van der Waals surface area contributed by atoms with Gasteiger partial charge < -0.3 is 0 Å². The fourth-order valence-corrected chi connectivity index (χ4v) is 3.94. The molecule has 1 saturated heterocycles. The average molecular weight is 373 g/mol. The number of hydrogen-bond acceptors (Lipinski definition) is 3. The second-order valence-corrected chi connectivity index (χ2v) is 7.78. The van der Waals surface area contributed by atoms with E-state index < -0.39 is 0 Å². The molecule has 0 radical (unpaired) electrons. The van der Waals surface area contributed by atoms with Gasteiger partial charge in [0.15, 0.2) is 5.17 Å². The van der Waals surface area contributed by atoms with Crippen molar-refractivity contribution in [3.63, 3.8) is 0 Å². The molecule has 0 bridgehead atoms. The van der Waals surface area contributed by atoms with Gasteiger partial charge in [-0.3, -0.25) is 9.69 Å². The molecule has 3 rings (SSSR count). The Hall–Kier alpha value is -1.78. The maximum Gasteiger partial charge on any atom is 0.259 e. The summed E-state index contributed by atoms with van der Waals surface area (Å²) in [6.07, 6.45) is 0.960. The lowest BCUT2D eigenvalue weighted by atomic mass is 10.0. The van der Waals surface area contributed by atoms with Crippen LogP contribution in [0.1, 0.15) is 42.1 Å². The molecular weight excluding hydrogens is 352 g/mol. The highest BCUT2D eigenvalue weighted by Gasteiger charge is 2.25. The van der Waals surface area contributed by atoms with Gasteiger partial charge in [-0.15, -0.1) is 0 Å². The van der Waals surface area contributed by atoms with Crippen LogP contribution in [0.25, 0.3) is 0 Å². The first-order chi connectivity index (χ1) is 12.1. The molecule has 0 spiro atoms. The van der Waals surface area contributed by atoms with Gasteiger partial charge in [-0.05, 0) is 42.2 Å². The van der Waals surface area contributed by atoms with E-state index in [0.29, 0.717) is 23.0 Å². The van der Waals surface area contributed by atoms with Crippen molar-refractivity contribution < 1.29 is 4.79 Å². The summed E-state index contributed by atoms with van der Waals surface area (Å²) in [6.45, 7) is 4.99. The molecule has 130 valence electrons. The van der Waals surface area contributed by atoms with Gasteiger partial charge >= 0.3 is 0 Å². The standard InChI is InChI=1S/C20H21ClN2OS/c1-14(2)17-9-3-4-10-18(17)22-20-23(11-6-12-25-20)19(24)15-7-5-8-16(21)13-15/h3-5,7-10,13-14H,6,11-12H2,1-2H3. The number of hydrogen-bond donors (Lipinski definition) is 0. The Bertz CT molecular complexity index is 804. The summed E-state index contributed by atoms with van der Waals surface area (Å²) in [5, 5.41) is 1.34. The lowest BCUT2D eigenvalue weighted by Gasteiger charge is -2.28. The Kier molecular flexibility index (Phi) is 5.82. The SMILES string of the molecule is CC(C)c1ccccc1N=C1SCCCN1C(=O)c1cccc(Cl)c1. The van der Waals surface area contributed by atoms with Gasteiger partial charge in [0.1, 0.15) is 0 Å². The van der Waals surface area contributed by atoms with Crippen molar-refractivity contribution in [2.24, 2.45) is 4.99 Å². The van der Waals surface area contributed by atoms with Crippen LogP contribution in [-0.4, -0.2) is 28.3 Å². The number of amidine groups is 1. The minimum Gasteiger partial charge on any atom is -0.287 e. The molecule has 2 aromatic rings. The van der Waals surface area contributed by atoms with Crippen molar-refractivity contribution in [2.75, 3.05) is 12.3 Å². The van der Waals surface area contributed by atoms with Crippen LogP contribution in [0.3, 0.4) is 0 Å².